The fourth-order valence-corrected chi connectivity index (χ4v) is 2.89. The van der Waals surface area contributed by atoms with Gasteiger partial charge in [-0.05, 0) is 56.5 Å². The van der Waals surface area contributed by atoms with Crippen LogP contribution in [0.5, 0.6) is 0 Å². The maximum atomic E-state index is 3.69. The van der Waals surface area contributed by atoms with E-state index in [1.165, 1.54) is 53.8 Å². The maximum Gasteiger partial charge on any atom is 0.0348 e. The molecule has 0 aromatic heterocycles. The number of likely N-dealkylation sites (tertiary alicyclic amines) is 1. The Kier molecular flexibility index (Phi) is 4.68. The first kappa shape index (κ1) is 13.9. The number of piperidine rings is 1. The van der Waals surface area contributed by atoms with E-state index in [4.69, 9.17) is 0 Å². The molecule has 0 amide bonds. The second kappa shape index (κ2) is 6.07. The zero-order valence-electron chi connectivity index (χ0n) is 11.6. The van der Waals surface area contributed by atoms with E-state index in [0.717, 1.165) is 0 Å². The normalized spacial score (nSPS) is 18.0. The first-order valence-corrected chi connectivity index (χ1v) is 7.65. The first-order chi connectivity index (χ1) is 8.60. The van der Waals surface area contributed by atoms with Crippen molar-refractivity contribution < 1.29 is 0 Å². The molecular formula is C15H23BrN2. The summed E-state index contributed by atoms with van der Waals surface area (Å²) >= 11 is 3.62. The smallest absolute Gasteiger partial charge is 0.0348 e. The minimum atomic E-state index is 0.632. The van der Waals surface area contributed by atoms with Crippen LogP contribution in [0.25, 0.3) is 0 Å². The fourth-order valence-electron chi connectivity index (χ4n) is 2.66. The second-order valence-electron chi connectivity index (χ2n) is 5.28. The molecule has 1 saturated heterocycles. The number of rotatable bonds is 3. The van der Waals surface area contributed by atoms with Gasteiger partial charge in [0, 0.05) is 29.3 Å². The highest BCUT2D eigenvalue weighted by Gasteiger charge is 2.17. The van der Waals surface area contributed by atoms with Gasteiger partial charge < -0.3 is 10.2 Å². The Balaban J connectivity index is 1.98. The molecule has 2 rings (SSSR count). The van der Waals surface area contributed by atoms with Crippen molar-refractivity contribution in [3.05, 3.63) is 27.7 Å². The minimum Gasteiger partial charge on any atom is -0.382 e. The lowest BCUT2D eigenvalue weighted by atomic mass is 10.0. The van der Waals surface area contributed by atoms with E-state index in [1.807, 2.05) is 0 Å². The Morgan fingerprint density at radius 2 is 1.78 bits per heavy atom. The molecule has 0 radical (unpaired) electrons. The van der Waals surface area contributed by atoms with E-state index < -0.39 is 0 Å². The number of hydrogen-bond donors (Lipinski definition) is 1. The zero-order valence-corrected chi connectivity index (χ0v) is 13.2. The molecule has 1 fully saturated rings. The number of nitrogens with one attached hydrogen (secondary N) is 1. The van der Waals surface area contributed by atoms with E-state index in [2.05, 4.69) is 59.1 Å². The van der Waals surface area contributed by atoms with Gasteiger partial charge in [-0.15, -0.1) is 0 Å². The van der Waals surface area contributed by atoms with E-state index in [0.29, 0.717) is 6.04 Å². The molecule has 0 spiro atoms. The fraction of sp³-hybridized carbons (Fsp3) is 0.600. The molecule has 3 heteroatoms. The summed E-state index contributed by atoms with van der Waals surface area (Å²) in [5.74, 6) is 0. The van der Waals surface area contributed by atoms with Gasteiger partial charge in [0.15, 0.2) is 0 Å². The molecule has 1 aromatic carbocycles. The van der Waals surface area contributed by atoms with Crippen LogP contribution in [0.15, 0.2) is 16.6 Å². The SMILES string of the molecule is CCN1CCC(Nc2cc(C)c(Br)c(C)c2)CC1. The number of aryl methyl sites for hydroxylation is 2. The molecule has 1 heterocycles. The summed E-state index contributed by atoms with van der Waals surface area (Å²) in [6.07, 6.45) is 2.50. The monoisotopic (exact) mass is 310 g/mol. The molecule has 1 aliphatic heterocycles. The van der Waals surface area contributed by atoms with Crippen LogP contribution in [-0.4, -0.2) is 30.6 Å². The number of nitrogens with zero attached hydrogens (tertiary/aromatic N) is 1. The quantitative estimate of drug-likeness (QED) is 0.909. The molecule has 1 aromatic rings. The largest absolute Gasteiger partial charge is 0.382 e. The van der Waals surface area contributed by atoms with E-state index >= 15 is 0 Å². The van der Waals surface area contributed by atoms with Crippen molar-refractivity contribution in [2.45, 2.75) is 39.7 Å². The summed E-state index contributed by atoms with van der Waals surface area (Å²) in [6, 6.07) is 5.11. The van der Waals surface area contributed by atoms with Gasteiger partial charge in [-0.2, -0.15) is 0 Å². The van der Waals surface area contributed by atoms with Gasteiger partial charge >= 0.3 is 0 Å². The molecule has 2 nitrogen and oxygen atoms in total. The second-order valence-corrected chi connectivity index (χ2v) is 6.07. The molecule has 1 aliphatic rings. The minimum absolute atomic E-state index is 0.632. The van der Waals surface area contributed by atoms with Gasteiger partial charge in [0.25, 0.3) is 0 Å². The van der Waals surface area contributed by atoms with Crippen LogP contribution >= 0.6 is 15.9 Å². The Morgan fingerprint density at radius 1 is 1.22 bits per heavy atom. The third-order valence-corrected chi connectivity index (χ3v) is 5.09. The predicted octanol–water partition coefficient (Wildman–Crippen LogP) is 3.96. The van der Waals surface area contributed by atoms with E-state index in [1.54, 1.807) is 0 Å². The van der Waals surface area contributed by atoms with Gasteiger partial charge in [-0.25, -0.2) is 0 Å². The molecule has 18 heavy (non-hydrogen) atoms. The van der Waals surface area contributed by atoms with E-state index in [-0.39, 0.29) is 0 Å². The highest BCUT2D eigenvalue weighted by molar-refractivity contribution is 9.10. The van der Waals surface area contributed by atoms with Crippen molar-refractivity contribution in [3.63, 3.8) is 0 Å². The van der Waals surface area contributed by atoms with Crippen LogP contribution in [-0.2, 0) is 0 Å². The Labute approximate surface area is 119 Å². The van der Waals surface area contributed by atoms with Gasteiger partial charge in [0.05, 0.1) is 0 Å². The Morgan fingerprint density at radius 3 is 2.28 bits per heavy atom. The number of benzene rings is 1. The molecule has 1 N–H and O–H groups in total. The van der Waals surface area contributed by atoms with Crippen molar-refractivity contribution in [1.29, 1.82) is 0 Å². The first-order valence-electron chi connectivity index (χ1n) is 6.85. The Hall–Kier alpha value is -0.540. The summed E-state index contributed by atoms with van der Waals surface area (Å²) in [7, 11) is 0. The van der Waals surface area contributed by atoms with Crippen molar-refractivity contribution in [2.24, 2.45) is 0 Å². The molecule has 0 atom stereocenters. The van der Waals surface area contributed by atoms with Crippen LogP contribution in [0.3, 0.4) is 0 Å². The van der Waals surface area contributed by atoms with Crippen molar-refractivity contribution in [2.75, 3.05) is 25.0 Å². The predicted molar refractivity (Wildman–Crippen MR) is 82.4 cm³/mol. The van der Waals surface area contributed by atoms with Crippen LogP contribution in [0.2, 0.25) is 0 Å². The van der Waals surface area contributed by atoms with Crippen molar-refractivity contribution in [3.8, 4) is 0 Å². The molecule has 0 unspecified atom stereocenters. The lowest BCUT2D eigenvalue weighted by Crippen LogP contribution is -2.38. The number of halogens is 1. The molecule has 0 aliphatic carbocycles. The van der Waals surface area contributed by atoms with Crippen LogP contribution in [0, 0.1) is 13.8 Å². The third-order valence-electron chi connectivity index (χ3n) is 3.84. The average molecular weight is 311 g/mol. The summed E-state index contributed by atoms with van der Waals surface area (Å²) in [4.78, 5) is 2.52. The van der Waals surface area contributed by atoms with Crippen molar-refractivity contribution >= 4 is 21.6 Å². The summed E-state index contributed by atoms with van der Waals surface area (Å²) < 4.78 is 1.23. The lowest BCUT2D eigenvalue weighted by molar-refractivity contribution is 0.229. The molecule has 0 saturated carbocycles. The molecule has 100 valence electrons. The number of anilines is 1. The maximum absolute atomic E-state index is 3.69. The highest BCUT2D eigenvalue weighted by atomic mass is 79.9. The summed E-state index contributed by atoms with van der Waals surface area (Å²) in [5.41, 5.74) is 3.88. The van der Waals surface area contributed by atoms with Crippen LogP contribution < -0.4 is 5.32 Å². The highest BCUT2D eigenvalue weighted by Crippen LogP contribution is 2.26. The third kappa shape index (κ3) is 3.27. The average Bonchev–Trinajstić information content (AvgIpc) is 2.37. The lowest BCUT2D eigenvalue weighted by Gasteiger charge is -2.32. The van der Waals surface area contributed by atoms with E-state index in [9.17, 15) is 0 Å². The van der Waals surface area contributed by atoms with Gasteiger partial charge in [0.2, 0.25) is 0 Å². The molecule has 0 bridgehead atoms. The number of hydrogen-bond acceptors (Lipinski definition) is 2. The van der Waals surface area contributed by atoms with Gasteiger partial charge in [-0.1, -0.05) is 22.9 Å². The zero-order chi connectivity index (χ0) is 13.1. The van der Waals surface area contributed by atoms with Crippen LogP contribution in [0.1, 0.15) is 30.9 Å². The summed E-state index contributed by atoms with van der Waals surface area (Å²) in [5, 5.41) is 3.69. The summed E-state index contributed by atoms with van der Waals surface area (Å²) in [6.45, 7) is 10.2. The standard InChI is InChI=1S/C15H23BrN2/c1-4-18-7-5-13(6-8-18)17-14-9-11(2)15(16)12(3)10-14/h9-10,13,17H,4-8H2,1-3H3. The topological polar surface area (TPSA) is 15.3 Å². The Bertz CT molecular complexity index is 386. The van der Waals surface area contributed by atoms with Gasteiger partial charge in [0.1, 0.15) is 0 Å². The van der Waals surface area contributed by atoms with Crippen molar-refractivity contribution in [1.82, 2.24) is 4.90 Å². The van der Waals surface area contributed by atoms with Crippen LogP contribution in [0.4, 0.5) is 5.69 Å². The molecular weight excluding hydrogens is 288 g/mol. The van der Waals surface area contributed by atoms with Gasteiger partial charge in [-0.3, -0.25) is 0 Å².